The second kappa shape index (κ2) is 5.70. The normalized spacial score (nSPS) is 10.3. The van der Waals surface area contributed by atoms with Crippen molar-refractivity contribution in [1.29, 1.82) is 0 Å². The van der Waals surface area contributed by atoms with Gasteiger partial charge in [0.1, 0.15) is 0 Å². The number of nitrogens with two attached hydrogens (primary N) is 1. The average Bonchev–Trinajstić information content (AvgIpc) is 2.27. The number of hydrogen-bond acceptors (Lipinski definition) is 2. The van der Waals surface area contributed by atoms with Crippen LogP contribution in [0.4, 0.5) is 5.69 Å². The molecular formula is C12H14N2O2. The van der Waals surface area contributed by atoms with Crippen molar-refractivity contribution in [2.24, 2.45) is 5.73 Å². The number of anilines is 1. The summed E-state index contributed by atoms with van der Waals surface area (Å²) in [6.45, 7) is 2.00. The first kappa shape index (κ1) is 12.0. The molecule has 1 rings (SSSR count). The van der Waals surface area contributed by atoms with Gasteiger partial charge in [0.2, 0.25) is 11.8 Å². The van der Waals surface area contributed by atoms with Crippen LogP contribution in [0.15, 0.2) is 36.4 Å². The number of aryl methyl sites for hydroxylation is 1. The summed E-state index contributed by atoms with van der Waals surface area (Å²) in [5, 5.41) is 2.68. The first-order valence-electron chi connectivity index (χ1n) is 5.00. The minimum absolute atomic E-state index is 0.361. The highest BCUT2D eigenvalue weighted by molar-refractivity contribution is 6.03. The van der Waals surface area contributed by atoms with E-state index in [2.05, 4.69) is 5.32 Å². The molecule has 0 spiro atoms. The highest BCUT2D eigenvalue weighted by Gasteiger charge is 2.02. The van der Waals surface area contributed by atoms with Crippen LogP contribution >= 0.6 is 0 Å². The van der Waals surface area contributed by atoms with Crippen molar-refractivity contribution >= 4 is 17.5 Å². The number of nitrogens with one attached hydrogen (secondary N) is 1. The molecular weight excluding hydrogens is 204 g/mol. The maximum atomic E-state index is 11.4. The fourth-order valence-corrected chi connectivity index (χ4v) is 1.28. The maximum Gasteiger partial charge on any atom is 0.248 e. The Balaban J connectivity index is 2.73. The minimum atomic E-state index is -0.640. The summed E-state index contributed by atoms with van der Waals surface area (Å²) in [6.07, 6.45) is 2.98. The molecule has 0 radical (unpaired) electrons. The molecule has 0 aliphatic heterocycles. The SMILES string of the molecule is CCc1ccccc1NC(=O)C=CC(N)=O. The lowest BCUT2D eigenvalue weighted by molar-refractivity contribution is -0.115. The summed E-state index contributed by atoms with van der Waals surface area (Å²) < 4.78 is 0. The van der Waals surface area contributed by atoms with Gasteiger partial charge in [0.25, 0.3) is 0 Å². The molecule has 16 heavy (non-hydrogen) atoms. The second-order valence-electron chi connectivity index (χ2n) is 3.24. The number of primary amides is 1. The summed E-state index contributed by atoms with van der Waals surface area (Å²) in [4.78, 5) is 21.8. The Bertz CT molecular complexity index is 425. The molecule has 0 bridgehead atoms. The minimum Gasteiger partial charge on any atom is -0.366 e. The van der Waals surface area contributed by atoms with E-state index in [4.69, 9.17) is 5.73 Å². The van der Waals surface area contributed by atoms with Gasteiger partial charge in [0, 0.05) is 17.8 Å². The van der Waals surface area contributed by atoms with Crippen LogP contribution in [-0.4, -0.2) is 11.8 Å². The van der Waals surface area contributed by atoms with Gasteiger partial charge in [-0.1, -0.05) is 25.1 Å². The van der Waals surface area contributed by atoms with Crippen molar-refractivity contribution in [2.75, 3.05) is 5.32 Å². The van der Waals surface area contributed by atoms with Crippen LogP contribution < -0.4 is 11.1 Å². The van der Waals surface area contributed by atoms with E-state index in [0.717, 1.165) is 29.8 Å². The van der Waals surface area contributed by atoms with Gasteiger partial charge >= 0.3 is 0 Å². The molecule has 0 unspecified atom stereocenters. The topological polar surface area (TPSA) is 72.2 Å². The van der Waals surface area contributed by atoms with Crippen molar-refractivity contribution < 1.29 is 9.59 Å². The van der Waals surface area contributed by atoms with E-state index >= 15 is 0 Å². The predicted molar refractivity (Wildman–Crippen MR) is 62.8 cm³/mol. The molecule has 3 N–H and O–H groups in total. The van der Waals surface area contributed by atoms with Gasteiger partial charge < -0.3 is 11.1 Å². The van der Waals surface area contributed by atoms with Crippen LogP contribution in [0, 0.1) is 0 Å². The van der Waals surface area contributed by atoms with Crippen molar-refractivity contribution in [3.63, 3.8) is 0 Å². The highest BCUT2D eigenvalue weighted by atomic mass is 16.2. The highest BCUT2D eigenvalue weighted by Crippen LogP contribution is 2.15. The summed E-state index contributed by atoms with van der Waals surface area (Å²) >= 11 is 0. The van der Waals surface area contributed by atoms with E-state index in [1.165, 1.54) is 0 Å². The standard InChI is InChI=1S/C12H14N2O2/c1-2-9-5-3-4-6-10(9)14-12(16)8-7-11(13)15/h3-8H,2H2,1H3,(H2,13,15)(H,14,16). The molecule has 0 saturated heterocycles. The number of para-hydroxylation sites is 1. The van der Waals surface area contributed by atoms with E-state index in [-0.39, 0.29) is 5.91 Å². The van der Waals surface area contributed by atoms with Crippen LogP contribution in [0.3, 0.4) is 0 Å². The Labute approximate surface area is 94.1 Å². The van der Waals surface area contributed by atoms with Crippen molar-refractivity contribution in [1.82, 2.24) is 0 Å². The third-order valence-electron chi connectivity index (χ3n) is 2.06. The molecule has 0 aliphatic rings. The third-order valence-corrected chi connectivity index (χ3v) is 2.06. The molecule has 84 valence electrons. The second-order valence-corrected chi connectivity index (χ2v) is 3.24. The van der Waals surface area contributed by atoms with Crippen LogP contribution in [0.1, 0.15) is 12.5 Å². The lowest BCUT2D eigenvalue weighted by Gasteiger charge is -2.07. The van der Waals surface area contributed by atoms with Crippen molar-refractivity contribution in [3.05, 3.63) is 42.0 Å². The molecule has 0 heterocycles. The zero-order valence-corrected chi connectivity index (χ0v) is 9.07. The van der Waals surface area contributed by atoms with Gasteiger partial charge in [-0.3, -0.25) is 9.59 Å². The quantitative estimate of drug-likeness (QED) is 0.746. The lowest BCUT2D eigenvalue weighted by atomic mass is 10.1. The zero-order chi connectivity index (χ0) is 12.0. The van der Waals surface area contributed by atoms with E-state index in [1.807, 2.05) is 31.2 Å². The zero-order valence-electron chi connectivity index (χ0n) is 9.07. The molecule has 0 aromatic heterocycles. The first-order valence-corrected chi connectivity index (χ1v) is 5.00. The molecule has 4 nitrogen and oxygen atoms in total. The van der Waals surface area contributed by atoms with Gasteiger partial charge in [-0.2, -0.15) is 0 Å². The van der Waals surface area contributed by atoms with Crippen molar-refractivity contribution in [2.45, 2.75) is 13.3 Å². The van der Waals surface area contributed by atoms with Gasteiger partial charge in [-0.05, 0) is 18.1 Å². The van der Waals surface area contributed by atoms with E-state index in [9.17, 15) is 9.59 Å². The molecule has 1 aromatic carbocycles. The maximum absolute atomic E-state index is 11.4. The predicted octanol–water partition coefficient (Wildman–Crippen LogP) is 1.23. The van der Waals surface area contributed by atoms with Crippen molar-refractivity contribution in [3.8, 4) is 0 Å². The van der Waals surface area contributed by atoms with E-state index < -0.39 is 5.91 Å². The Morgan fingerprint density at radius 3 is 2.62 bits per heavy atom. The number of benzene rings is 1. The van der Waals surface area contributed by atoms with Gasteiger partial charge in [-0.25, -0.2) is 0 Å². The van der Waals surface area contributed by atoms with Gasteiger partial charge in [0.15, 0.2) is 0 Å². The Morgan fingerprint density at radius 1 is 1.31 bits per heavy atom. The van der Waals surface area contributed by atoms with Crippen LogP contribution in [-0.2, 0) is 16.0 Å². The van der Waals surface area contributed by atoms with Crippen LogP contribution in [0.5, 0.6) is 0 Å². The summed E-state index contributed by atoms with van der Waals surface area (Å²) in [7, 11) is 0. The fourth-order valence-electron chi connectivity index (χ4n) is 1.28. The molecule has 0 fully saturated rings. The van der Waals surface area contributed by atoms with Crippen LogP contribution in [0.25, 0.3) is 0 Å². The monoisotopic (exact) mass is 218 g/mol. The molecule has 2 amide bonds. The number of hydrogen-bond donors (Lipinski definition) is 2. The number of rotatable bonds is 4. The Hall–Kier alpha value is -2.10. The van der Waals surface area contributed by atoms with E-state index in [1.54, 1.807) is 0 Å². The van der Waals surface area contributed by atoms with E-state index in [0.29, 0.717) is 0 Å². The number of carbonyl (C=O) groups is 2. The number of carbonyl (C=O) groups excluding carboxylic acids is 2. The smallest absolute Gasteiger partial charge is 0.248 e. The first-order chi connectivity index (χ1) is 7.63. The largest absolute Gasteiger partial charge is 0.366 e. The molecule has 1 aromatic rings. The summed E-state index contributed by atoms with van der Waals surface area (Å²) in [5.74, 6) is -1.00. The van der Waals surface area contributed by atoms with Crippen LogP contribution in [0.2, 0.25) is 0 Å². The van der Waals surface area contributed by atoms with Gasteiger partial charge in [-0.15, -0.1) is 0 Å². The Kier molecular flexibility index (Phi) is 4.27. The Morgan fingerprint density at radius 2 is 2.00 bits per heavy atom. The number of amides is 2. The average molecular weight is 218 g/mol. The molecule has 0 aliphatic carbocycles. The van der Waals surface area contributed by atoms with Gasteiger partial charge in [0.05, 0.1) is 0 Å². The molecule has 0 saturated carbocycles. The molecule has 4 heteroatoms. The summed E-state index contributed by atoms with van der Waals surface area (Å²) in [6, 6.07) is 7.50. The fraction of sp³-hybridized carbons (Fsp3) is 0.167. The lowest BCUT2D eigenvalue weighted by Crippen LogP contribution is -2.12. The molecule has 0 atom stereocenters. The summed E-state index contributed by atoms with van der Waals surface area (Å²) in [5.41, 5.74) is 6.68. The third kappa shape index (κ3) is 3.57.